The first-order valence-corrected chi connectivity index (χ1v) is 4.64. The maximum absolute atomic E-state index is 10.9. The fourth-order valence-corrected chi connectivity index (χ4v) is 1.56. The van der Waals surface area contributed by atoms with E-state index in [2.05, 4.69) is 16.9 Å². The van der Waals surface area contributed by atoms with E-state index in [-0.39, 0.29) is 5.97 Å². The zero-order valence-electron chi connectivity index (χ0n) is 8.07. The van der Waals surface area contributed by atoms with Crippen molar-refractivity contribution in [3.63, 3.8) is 0 Å². The van der Waals surface area contributed by atoms with E-state index in [1.54, 1.807) is 6.08 Å². The molecule has 0 N–H and O–H groups in total. The van der Waals surface area contributed by atoms with Crippen molar-refractivity contribution >= 4 is 5.97 Å². The summed E-state index contributed by atoms with van der Waals surface area (Å²) in [6.07, 6.45) is 2.58. The first kappa shape index (κ1) is 9.00. The second kappa shape index (κ2) is 3.66. The number of carbonyl (C=O) groups is 1. The third kappa shape index (κ3) is 1.84. The van der Waals surface area contributed by atoms with Crippen molar-refractivity contribution in [2.45, 2.75) is 12.3 Å². The van der Waals surface area contributed by atoms with Gasteiger partial charge in [-0.15, -0.1) is 0 Å². The molecule has 0 amide bonds. The van der Waals surface area contributed by atoms with Gasteiger partial charge in [0.15, 0.2) is 0 Å². The molecular weight excluding hydrogens is 176 g/mol. The van der Waals surface area contributed by atoms with Crippen LogP contribution in [0.5, 0.6) is 0 Å². The van der Waals surface area contributed by atoms with Gasteiger partial charge >= 0.3 is 5.97 Å². The number of benzene rings is 1. The van der Waals surface area contributed by atoms with Gasteiger partial charge < -0.3 is 4.74 Å². The summed E-state index contributed by atoms with van der Waals surface area (Å²) < 4.78 is 4.57. The minimum absolute atomic E-state index is 0.251. The van der Waals surface area contributed by atoms with Crippen molar-refractivity contribution in [3.8, 4) is 0 Å². The van der Waals surface area contributed by atoms with Gasteiger partial charge in [0.05, 0.1) is 7.11 Å². The van der Waals surface area contributed by atoms with E-state index in [0.717, 1.165) is 6.42 Å². The first-order chi connectivity index (χ1) is 6.81. The lowest BCUT2D eigenvalue weighted by atomic mass is 10.1. The van der Waals surface area contributed by atoms with Crippen molar-refractivity contribution in [2.24, 2.45) is 0 Å². The quantitative estimate of drug-likeness (QED) is 0.525. The monoisotopic (exact) mass is 188 g/mol. The molecule has 2 rings (SSSR count). The van der Waals surface area contributed by atoms with Crippen LogP contribution in [0.2, 0.25) is 0 Å². The fourth-order valence-electron chi connectivity index (χ4n) is 1.56. The number of methoxy groups -OCH3 is 1. The van der Waals surface area contributed by atoms with Crippen LogP contribution in [0.15, 0.2) is 42.0 Å². The molecule has 0 aromatic heterocycles. The number of esters is 1. The second-order valence-electron chi connectivity index (χ2n) is 3.41. The van der Waals surface area contributed by atoms with Crippen LogP contribution in [0, 0.1) is 0 Å². The minimum Gasteiger partial charge on any atom is -0.466 e. The molecule has 0 bridgehead atoms. The molecule has 0 aliphatic heterocycles. The molecule has 1 atom stereocenters. The predicted molar refractivity (Wildman–Crippen MR) is 53.9 cm³/mol. The standard InChI is InChI=1S/C12H12O2/c1-14-12(13)8-10-7-11(10)9-5-3-2-4-6-9/h2-6,8,11H,7H2,1H3/b10-8+/t11-/m1/s1. The lowest BCUT2D eigenvalue weighted by Crippen LogP contribution is -1.93. The van der Waals surface area contributed by atoms with E-state index in [0.29, 0.717) is 5.92 Å². The lowest BCUT2D eigenvalue weighted by molar-refractivity contribution is -0.134. The maximum Gasteiger partial charge on any atom is 0.330 e. The number of hydrogen-bond donors (Lipinski definition) is 0. The van der Waals surface area contributed by atoms with Crippen molar-refractivity contribution in [1.29, 1.82) is 0 Å². The average Bonchev–Trinajstić information content (AvgIpc) is 2.98. The Morgan fingerprint density at radius 2 is 2.14 bits per heavy atom. The Balaban J connectivity index is 2.07. The molecule has 1 aliphatic carbocycles. The molecule has 2 heteroatoms. The molecule has 1 aromatic carbocycles. The summed E-state index contributed by atoms with van der Waals surface area (Å²) in [5, 5.41) is 0. The van der Waals surface area contributed by atoms with E-state index in [4.69, 9.17) is 0 Å². The van der Waals surface area contributed by atoms with Crippen molar-refractivity contribution in [1.82, 2.24) is 0 Å². The lowest BCUT2D eigenvalue weighted by Gasteiger charge is -1.94. The van der Waals surface area contributed by atoms with Crippen LogP contribution in [0.25, 0.3) is 0 Å². The Hall–Kier alpha value is -1.57. The molecule has 2 nitrogen and oxygen atoms in total. The van der Waals surface area contributed by atoms with E-state index in [9.17, 15) is 4.79 Å². The summed E-state index contributed by atoms with van der Waals surface area (Å²) in [5.74, 6) is 0.189. The van der Waals surface area contributed by atoms with E-state index in [1.165, 1.54) is 18.2 Å². The molecule has 0 heterocycles. The van der Waals surface area contributed by atoms with E-state index in [1.807, 2.05) is 18.2 Å². The highest BCUT2D eigenvalue weighted by molar-refractivity contribution is 5.84. The molecule has 1 aromatic rings. The van der Waals surface area contributed by atoms with E-state index >= 15 is 0 Å². The second-order valence-corrected chi connectivity index (χ2v) is 3.41. The smallest absolute Gasteiger partial charge is 0.330 e. The van der Waals surface area contributed by atoms with Crippen LogP contribution in [0.4, 0.5) is 0 Å². The number of allylic oxidation sites excluding steroid dienone is 1. The number of hydrogen-bond acceptors (Lipinski definition) is 2. The molecule has 1 fully saturated rings. The number of rotatable bonds is 2. The third-order valence-corrected chi connectivity index (χ3v) is 2.43. The Morgan fingerprint density at radius 1 is 1.43 bits per heavy atom. The highest BCUT2D eigenvalue weighted by atomic mass is 16.5. The van der Waals surface area contributed by atoms with Crippen LogP contribution < -0.4 is 0 Å². The van der Waals surface area contributed by atoms with E-state index < -0.39 is 0 Å². The van der Waals surface area contributed by atoms with Gasteiger partial charge in [0.2, 0.25) is 0 Å². The topological polar surface area (TPSA) is 26.3 Å². The molecule has 0 radical (unpaired) electrons. The van der Waals surface area contributed by atoms with Gasteiger partial charge in [0.1, 0.15) is 0 Å². The highest BCUT2D eigenvalue weighted by Gasteiger charge is 2.31. The van der Waals surface area contributed by atoms with Gasteiger partial charge in [-0.25, -0.2) is 4.79 Å². The summed E-state index contributed by atoms with van der Waals surface area (Å²) in [5.41, 5.74) is 2.45. The molecule has 14 heavy (non-hydrogen) atoms. The van der Waals surface area contributed by atoms with Gasteiger partial charge in [0, 0.05) is 12.0 Å². The summed E-state index contributed by atoms with van der Waals surface area (Å²) in [7, 11) is 1.40. The normalized spacial score (nSPS) is 22.1. The number of carbonyl (C=O) groups excluding carboxylic acids is 1. The summed E-state index contributed by atoms with van der Waals surface area (Å²) in [6, 6.07) is 10.2. The molecular formula is C12H12O2. The molecule has 1 saturated carbocycles. The summed E-state index contributed by atoms with van der Waals surface area (Å²) in [6.45, 7) is 0. The molecule has 0 unspecified atom stereocenters. The van der Waals surface area contributed by atoms with Crippen LogP contribution in [-0.4, -0.2) is 13.1 Å². The Bertz CT molecular complexity index is 365. The van der Waals surface area contributed by atoms with Crippen LogP contribution in [0.1, 0.15) is 17.9 Å². The van der Waals surface area contributed by atoms with Gasteiger partial charge in [0.25, 0.3) is 0 Å². The molecule has 0 saturated heterocycles. The predicted octanol–water partition coefficient (Wildman–Crippen LogP) is 2.27. The largest absolute Gasteiger partial charge is 0.466 e. The fraction of sp³-hybridized carbons (Fsp3) is 0.250. The van der Waals surface area contributed by atoms with Gasteiger partial charge in [-0.05, 0) is 12.0 Å². The van der Waals surface area contributed by atoms with Crippen LogP contribution in [-0.2, 0) is 9.53 Å². The highest BCUT2D eigenvalue weighted by Crippen LogP contribution is 2.46. The van der Waals surface area contributed by atoms with Gasteiger partial charge in [-0.2, -0.15) is 0 Å². The average molecular weight is 188 g/mol. The SMILES string of the molecule is COC(=O)/C=C1\C[C@@H]1c1ccccc1. The summed E-state index contributed by atoms with van der Waals surface area (Å²) in [4.78, 5) is 10.9. The van der Waals surface area contributed by atoms with Crippen LogP contribution >= 0.6 is 0 Å². The minimum atomic E-state index is -0.251. The zero-order valence-corrected chi connectivity index (χ0v) is 8.07. The Labute approximate surface area is 83.2 Å². The molecule has 0 spiro atoms. The van der Waals surface area contributed by atoms with Crippen LogP contribution in [0.3, 0.4) is 0 Å². The van der Waals surface area contributed by atoms with Crippen molar-refractivity contribution in [3.05, 3.63) is 47.5 Å². The van der Waals surface area contributed by atoms with Gasteiger partial charge in [-0.1, -0.05) is 35.9 Å². The molecule has 1 aliphatic rings. The first-order valence-electron chi connectivity index (χ1n) is 4.64. The third-order valence-electron chi connectivity index (χ3n) is 2.43. The van der Waals surface area contributed by atoms with Crippen molar-refractivity contribution in [2.75, 3.05) is 7.11 Å². The molecule has 72 valence electrons. The maximum atomic E-state index is 10.9. The van der Waals surface area contributed by atoms with Crippen molar-refractivity contribution < 1.29 is 9.53 Å². The zero-order chi connectivity index (χ0) is 9.97. The Kier molecular flexibility index (Phi) is 2.35. The summed E-state index contributed by atoms with van der Waals surface area (Å²) >= 11 is 0. The Morgan fingerprint density at radius 3 is 2.79 bits per heavy atom. The van der Waals surface area contributed by atoms with Gasteiger partial charge in [-0.3, -0.25) is 0 Å². The number of ether oxygens (including phenoxy) is 1.